The molecule has 2 heteroatoms. The molecule has 0 aliphatic rings. The van der Waals surface area contributed by atoms with E-state index < -0.39 is 0 Å². The third kappa shape index (κ3) is 2.04. The number of rotatable bonds is 1. The van der Waals surface area contributed by atoms with Gasteiger partial charge in [0.15, 0.2) is 0 Å². The summed E-state index contributed by atoms with van der Waals surface area (Å²) >= 11 is 7.40. The fourth-order valence-electron chi connectivity index (χ4n) is 0.620. The molecule has 0 amide bonds. The van der Waals surface area contributed by atoms with Crippen LogP contribution in [0.4, 0.5) is 0 Å². The van der Waals surface area contributed by atoms with Gasteiger partial charge in [-0.2, -0.15) is 0 Å². The van der Waals surface area contributed by atoms with Crippen molar-refractivity contribution >= 4 is 28.5 Å². The Balaban J connectivity index is 2.88. The van der Waals surface area contributed by atoms with Gasteiger partial charge < -0.3 is 0 Å². The molecule has 1 atom stereocenters. The average Bonchev–Trinajstić information content (AvgIpc) is 1.90. The summed E-state index contributed by atoms with van der Waals surface area (Å²) < 4.78 is 0. The van der Waals surface area contributed by atoms with E-state index in [-0.39, 0.29) is 0 Å². The number of benzene rings is 1. The number of hydrogen-bond donors (Lipinski definition) is 0. The Bertz CT molecular complexity index is 181. The second kappa shape index (κ2) is 3.29. The van der Waals surface area contributed by atoms with E-state index in [1.54, 1.807) is 16.9 Å². The molecule has 0 nitrogen and oxygen atoms in total. The first-order valence-corrected chi connectivity index (χ1v) is 4.86. The van der Waals surface area contributed by atoms with E-state index in [0.29, 0.717) is 0 Å². The Morgan fingerprint density at radius 1 is 1.22 bits per heavy atom. The van der Waals surface area contributed by atoms with Gasteiger partial charge in [-0.25, -0.2) is 0 Å². The fraction of sp³-hybridized carbons (Fsp3) is 0.143. The molecule has 0 saturated heterocycles. The zero-order valence-corrected chi connectivity index (χ0v) is 8.15. The molecular weight excluding hydrogens is 194 g/mol. The molecule has 1 unspecified atom stereocenters. The van der Waals surface area contributed by atoms with Crippen molar-refractivity contribution in [3.8, 4) is 0 Å². The summed E-state index contributed by atoms with van der Waals surface area (Å²) in [5.74, 6) is 0. The van der Waals surface area contributed by atoms with Crippen LogP contribution in [0.5, 0.6) is 0 Å². The first-order chi connectivity index (χ1) is 4.33. The molecule has 0 saturated carbocycles. The van der Waals surface area contributed by atoms with Crippen molar-refractivity contribution in [1.82, 2.24) is 0 Å². The second-order valence-corrected chi connectivity index (χ2v) is 3.12. The molecule has 1 rings (SSSR count). The predicted octanol–water partition coefficient (Wildman–Crippen LogP) is 1.47. The maximum absolute atomic E-state index is 5.67. The molecule has 0 spiro atoms. The summed E-state index contributed by atoms with van der Waals surface area (Å²) in [6.07, 6.45) is 0. The van der Waals surface area contributed by atoms with Crippen LogP contribution in [-0.4, -0.2) is 16.9 Å². The Kier molecular flexibility index (Phi) is 2.62. The van der Waals surface area contributed by atoms with Gasteiger partial charge in [0.25, 0.3) is 0 Å². The molecule has 1 aromatic carbocycles. The molecule has 48 valence electrons. The third-order valence-electron chi connectivity index (χ3n) is 1.15. The van der Waals surface area contributed by atoms with Crippen molar-refractivity contribution < 1.29 is 0 Å². The molecule has 0 aliphatic carbocycles. The van der Waals surface area contributed by atoms with E-state index in [2.05, 4.69) is 12.1 Å². The summed E-state index contributed by atoms with van der Waals surface area (Å²) in [6.45, 7) is 0. The summed E-state index contributed by atoms with van der Waals surface area (Å²) in [5.41, 5.74) is 1.36. The van der Waals surface area contributed by atoms with Gasteiger partial charge in [-0.1, -0.05) is 0 Å². The van der Waals surface area contributed by atoms with E-state index in [9.17, 15) is 0 Å². The Labute approximate surface area is 68.7 Å². The van der Waals surface area contributed by atoms with Gasteiger partial charge in [-0.3, -0.25) is 0 Å². The van der Waals surface area contributed by atoms with Crippen LogP contribution >= 0.6 is 11.6 Å². The second-order valence-electron chi connectivity index (χ2n) is 1.83. The van der Waals surface area contributed by atoms with Crippen LogP contribution in [0.2, 0.25) is 5.02 Å². The SMILES string of the molecule is Clc1ccc(C[AsH2])cc1. The molecule has 9 heavy (non-hydrogen) atoms. The van der Waals surface area contributed by atoms with Crippen molar-refractivity contribution in [2.45, 2.75) is 5.21 Å². The van der Waals surface area contributed by atoms with Gasteiger partial charge in [0.05, 0.1) is 0 Å². The summed E-state index contributed by atoms with van der Waals surface area (Å²) in [5, 5.41) is 1.96. The van der Waals surface area contributed by atoms with Crippen LogP contribution in [0, 0.1) is 0 Å². The van der Waals surface area contributed by atoms with Crippen LogP contribution in [0.15, 0.2) is 24.3 Å². The van der Waals surface area contributed by atoms with Crippen molar-refractivity contribution in [2.75, 3.05) is 0 Å². The van der Waals surface area contributed by atoms with Gasteiger partial charge >= 0.3 is 68.5 Å². The van der Waals surface area contributed by atoms with Crippen molar-refractivity contribution in [1.29, 1.82) is 0 Å². The molecule has 0 aliphatic heterocycles. The molecule has 0 heterocycles. The topological polar surface area (TPSA) is 0 Å². The standard InChI is InChI=1S/C7H8AsCl/c8-5-6-1-3-7(9)4-2-6/h1-4H,5,8H2. The zero-order valence-electron chi connectivity index (χ0n) is 4.97. The Morgan fingerprint density at radius 2 is 1.78 bits per heavy atom. The average molecular weight is 203 g/mol. The van der Waals surface area contributed by atoms with E-state index in [1.165, 1.54) is 5.56 Å². The summed E-state index contributed by atoms with van der Waals surface area (Å²) in [7, 11) is 0. The maximum atomic E-state index is 5.67. The van der Waals surface area contributed by atoms with E-state index in [0.717, 1.165) is 10.2 Å². The van der Waals surface area contributed by atoms with Gasteiger partial charge in [-0.05, 0) is 0 Å². The number of hydrogen-bond acceptors (Lipinski definition) is 0. The molecule has 1 aromatic rings. The molecule has 0 aromatic heterocycles. The summed E-state index contributed by atoms with van der Waals surface area (Å²) in [6, 6.07) is 7.97. The minimum absolute atomic E-state index is 0.819. The van der Waals surface area contributed by atoms with Crippen LogP contribution in [-0.2, 0) is 5.21 Å². The molecule has 0 fully saturated rings. The van der Waals surface area contributed by atoms with E-state index in [4.69, 9.17) is 11.6 Å². The Hall–Kier alpha value is 0.0684. The van der Waals surface area contributed by atoms with Crippen molar-refractivity contribution in [3.63, 3.8) is 0 Å². The van der Waals surface area contributed by atoms with Crippen LogP contribution in [0.25, 0.3) is 0 Å². The quantitative estimate of drug-likeness (QED) is 0.605. The zero-order chi connectivity index (χ0) is 6.69. The van der Waals surface area contributed by atoms with Gasteiger partial charge in [0.2, 0.25) is 0 Å². The predicted molar refractivity (Wildman–Crippen MR) is 43.7 cm³/mol. The van der Waals surface area contributed by atoms with Crippen LogP contribution in [0.3, 0.4) is 0 Å². The van der Waals surface area contributed by atoms with Gasteiger partial charge in [-0.15, -0.1) is 0 Å². The monoisotopic (exact) mass is 202 g/mol. The van der Waals surface area contributed by atoms with Crippen LogP contribution in [0.1, 0.15) is 5.56 Å². The van der Waals surface area contributed by atoms with Crippen molar-refractivity contribution in [3.05, 3.63) is 34.9 Å². The normalized spacial score (nSPS) is 9.56. The molecule has 0 radical (unpaired) electrons. The molecular formula is C7H8AsCl. The summed E-state index contributed by atoms with van der Waals surface area (Å²) in [4.78, 5) is 0. The number of halogens is 1. The van der Waals surface area contributed by atoms with E-state index in [1.807, 2.05) is 12.1 Å². The van der Waals surface area contributed by atoms with Crippen molar-refractivity contribution in [2.24, 2.45) is 0 Å². The van der Waals surface area contributed by atoms with Gasteiger partial charge in [0.1, 0.15) is 0 Å². The van der Waals surface area contributed by atoms with Crippen LogP contribution < -0.4 is 0 Å². The minimum atomic E-state index is 0.819. The van der Waals surface area contributed by atoms with Gasteiger partial charge in [0, 0.05) is 0 Å². The first kappa shape index (κ1) is 7.18. The fourth-order valence-corrected chi connectivity index (χ4v) is 1.32. The molecule has 0 N–H and O–H groups in total. The molecule has 0 bridgehead atoms. The third-order valence-corrected chi connectivity index (χ3v) is 2.39. The first-order valence-electron chi connectivity index (χ1n) is 2.77. The van der Waals surface area contributed by atoms with E-state index >= 15 is 0 Å². The Morgan fingerprint density at radius 3 is 2.22 bits per heavy atom.